The van der Waals surface area contributed by atoms with Crippen LogP contribution in [0.25, 0.3) is 10.6 Å². The van der Waals surface area contributed by atoms with Crippen LogP contribution in [0, 0.1) is 0 Å². The van der Waals surface area contributed by atoms with Crippen molar-refractivity contribution >= 4 is 23.2 Å². The minimum absolute atomic E-state index is 0.120. The van der Waals surface area contributed by atoms with Crippen molar-refractivity contribution in [1.29, 1.82) is 0 Å². The number of benzene rings is 1. The molecule has 2 aromatic rings. The molecule has 29 heavy (non-hydrogen) atoms. The average Bonchev–Trinajstić information content (AvgIpc) is 3.12. The number of carbonyl (C=O) groups is 2. The third-order valence-corrected chi connectivity index (χ3v) is 4.78. The molecule has 0 bridgehead atoms. The largest absolute Gasteiger partial charge is 0.496 e. The van der Waals surface area contributed by atoms with Gasteiger partial charge in [0, 0.05) is 18.5 Å². The van der Waals surface area contributed by atoms with Crippen LogP contribution in [0.2, 0.25) is 0 Å². The van der Waals surface area contributed by atoms with E-state index >= 15 is 0 Å². The summed E-state index contributed by atoms with van der Waals surface area (Å²) in [6, 6.07) is 7.53. The quantitative estimate of drug-likeness (QED) is 0.612. The van der Waals surface area contributed by atoms with E-state index in [1.54, 1.807) is 33.3 Å². The Morgan fingerprint density at radius 3 is 2.45 bits per heavy atom. The Bertz CT molecular complexity index is 842. The topological polar surface area (TPSA) is 72.0 Å². The van der Waals surface area contributed by atoms with Gasteiger partial charge in [0.15, 0.2) is 0 Å². The van der Waals surface area contributed by atoms with Gasteiger partial charge in [-0.3, -0.25) is 9.59 Å². The molecule has 1 aromatic carbocycles. The molecule has 0 spiro atoms. The number of esters is 1. The first-order valence-electron chi connectivity index (χ1n) is 9.35. The molecular formula is C21H29N3O4S. The highest BCUT2D eigenvalue weighted by Crippen LogP contribution is 2.32. The number of likely N-dealkylation sites (N-methyl/N-ethyl adjacent to an activating group) is 1. The summed E-state index contributed by atoms with van der Waals surface area (Å²) in [5.41, 5.74) is 0.523. The first kappa shape index (κ1) is 22.8. The van der Waals surface area contributed by atoms with Crippen molar-refractivity contribution in [2.24, 2.45) is 0 Å². The number of para-hydroxylation sites is 1. The lowest BCUT2D eigenvalue weighted by Gasteiger charge is -2.25. The predicted molar refractivity (Wildman–Crippen MR) is 114 cm³/mol. The number of methoxy groups -OCH3 is 1. The molecule has 158 valence electrons. The van der Waals surface area contributed by atoms with Crippen molar-refractivity contribution in [2.45, 2.75) is 26.4 Å². The van der Waals surface area contributed by atoms with Gasteiger partial charge in [-0.2, -0.15) is 0 Å². The van der Waals surface area contributed by atoms with Gasteiger partial charge in [0.05, 0.1) is 12.7 Å². The molecule has 0 fully saturated rings. The Kier molecular flexibility index (Phi) is 7.75. The molecule has 7 nitrogen and oxygen atoms in total. The molecule has 0 aliphatic rings. The number of thiazole rings is 1. The maximum atomic E-state index is 13.1. The van der Waals surface area contributed by atoms with Crippen molar-refractivity contribution in [3.05, 3.63) is 35.3 Å². The number of amides is 1. The van der Waals surface area contributed by atoms with E-state index in [0.717, 1.165) is 5.56 Å². The highest BCUT2D eigenvalue weighted by atomic mass is 32.1. The monoisotopic (exact) mass is 419 g/mol. The standard InChI is InChI=1S/C21H29N3O4S/c1-21(2,3)28-18(25)13-24(12-11-23(4)5)20(26)16-14-29-19(22-16)15-9-7-8-10-17(15)27-6/h7-10,14H,11-13H2,1-6H3. The lowest BCUT2D eigenvalue weighted by Crippen LogP contribution is -2.42. The summed E-state index contributed by atoms with van der Waals surface area (Å²) in [5, 5.41) is 2.40. The minimum Gasteiger partial charge on any atom is -0.496 e. The Morgan fingerprint density at radius 2 is 1.83 bits per heavy atom. The molecule has 8 heteroatoms. The van der Waals surface area contributed by atoms with Gasteiger partial charge < -0.3 is 19.3 Å². The summed E-state index contributed by atoms with van der Waals surface area (Å²) < 4.78 is 10.8. The van der Waals surface area contributed by atoms with E-state index in [-0.39, 0.29) is 12.5 Å². The molecule has 0 aliphatic heterocycles. The van der Waals surface area contributed by atoms with Crippen LogP contribution >= 0.6 is 11.3 Å². The van der Waals surface area contributed by atoms with Crippen molar-refractivity contribution in [3.8, 4) is 16.3 Å². The molecule has 0 saturated heterocycles. The van der Waals surface area contributed by atoms with Crippen LogP contribution in [-0.4, -0.2) is 73.1 Å². The Balaban J connectivity index is 2.22. The molecule has 1 aromatic heterocycles. The Hall–Kier alpha value is -2.45. The number of ether oxygens (including phenoxy) is 2. The number of aromatic nitrogens is 1. The molecule has 2 rings (SSSR count). The minimum atomic E-state index is -0.606. The first-order valence-corrected chi connectivity index (χ1v) is 10.2. The van der Waals surface area contributed by atoms with Gasteiger partial charge in [-0.15, -0.1) is 11.3 Å². The third kappa shape index (κ3) is 6.83. The van der Waals surface area contributed by atoms with Crippen LogP contribution in [0.4, 0.5) is 0 Å². The number of carbonyl (C=O) groups excluding carboxylic acids is 2. The maximum absolute atomic E-state index is 13.1. The highest BCUT2D eigenvalue weighted by Gasteiger charge is 2.25. The second-order valence-corrected chi connectivity index (χ2v) is 8.71. The smallest absolute Gasteiger partial charge is 0.326 e. The van der Waals surface area contributed by atoms with Crippen molar-refractivity contribution < 1.29 is 19.1 Å². The number of nitrogens with zero attached hydrogens (tertiary/aromatic N) is 3. The Labute approximate surface area is 176 Å². The fourth-order valence-electron chi connectivity index (χ4n) is 2.58. The lowest BCUT2D eigenvalue weighted by atomic mass is 10.2. The molecule has 0 radical (unpaired) electrons. The van der Waals surface area contributed by atoms with Crippen molar-refractivity contribution in [2.75, 3.05) is 40.8 Å². The predicted octanol–water partition coefficient (Wildman–Crippen LogP) is 3.16. The zero-order valence-corrected chi connectivity index (χ0v) is 18.7. The zero-order valence-electron chi connectivity index (χ0n) is 17.9. The van der Waals surface area contributed by atoms with Crippen molar-refractivity contribution in [1.82, 2.24) is 14.8 Å². The summed E-state index contributed by atoms with van der Waals surface area (Å²) in [6.07, 6.45) is 0. The van der Waals surface area contributed by atoms with E-state index in [4.69, 9.17) is 9.47 Å². The van der Waals surface area contributed by atoms with E-state index in [2.05, 4.69) is 4.98 Å². The fourth-order valence-corrected chi connectivity index (χ4v) is 3.41. The first-order chi connectivity index (χ1) is 13.6. The fraction of sp³-hybridized carbons (Fsp3) is 0.476. The van der Waals surface area contributed by atoms with E-state index in [9.17, 15) is 9.59 Å². The van der Waals surface area contributed by atoms with Gasteiger partial charge in [-0.05, 0) is 47.0 Å². The van der Waals surface area contributed by atoms with E-state index < -0.39 is 11.6 Å². The molecular weight excluding hydrogens is 390 g/mol. The summed E-state index contributed by atoms with van der Waals surface area (Å²) in [5.74, 6) is -0.0426. The zero-order chi connectivity index (χ0) is 21.6. The van der Waals surface area contributed by atoms with Gasteiger partial charge in [-0.25, -0.2) is 4.98 Å². The second-order valence-electron chi connectivity index (χ2n) is 7.85. The summed E-state index contributed by atoms with van der Waals surface area (Å²) in [4.78, 5) is 33.3. The average molecular weight is 420 g/mol. The van der Waals surface area contributed by atoms with Crippen LogP contribution in [0.5, 0.6) is 5.75 Å². The van der Waals surface area contributed by atoms with Gasteiger partial charge >= 0.3 is 5.97 Å². The van der Waals surface area contributed by atoms with E-state index in [1.165, 1.54) is 16.2 Å². The second kappa shape index (κ2) is 9.84. The molecule has 0 N–H and O–H groups in total. The van der Waals surface area contributed by atoms with Gasteiger partial charge in [0.2, 0.25) is 0 Å². The highest BCUT2D eigenvalue weighted by molar-refractivity contribution is 7.13. The molecule has 1 amide bonds. The molecule has 0 aliphatic carbocycles. The summed E-state index contributed by atoms with van der Waals surface area (Å²) in [7, 11) is 5.43. The van der Waals surface area contributed by atoms with E-state index in [1.807, 2.05) is 43.3 Å². The summed E-state index contributed by atoms with van der Waals surface area (Å²) >= 11 is 1.37. The van der Waals surface area contributed by atoms with Gasteiger partial charge in [0.25, 0.3) is 5.91 Å². The number of hydrogen-bond donors (Lipinski definition) is 0. The molecule has 0 unspecified atom stereocenters. The summed E-state index contributed by atoms with van der Waals surface area (Å²) in [6.45, 7) is 6.31. The maximum Gasteiger partial charge on any atom is 0.326 e. The van der Waals surface area contributed by atoms with Crippen LogP contribution in [-0.2, 0) is 9.53 Å². The molecule has 0 atom stereocenters. The van der Waals surface area contributed by atoms with Crippen LogP contribution < -0.4 is 4.74 Å². The molecule has 0 saturated carbocycles. The lowest BCUT2D eigenvalue weighted by molar-refractivity contribution is -0.155. The van der Waals surface area contributed by atoms with Gasteiger partial charge in [-0.1, -0.05) is 12.1 Å². The van der Waals surface area contributed by atoms with Crippen LogP contribution in [0.15, 0.2) is 29.6 Å². The van der Waals surface area contributed by atoms with E-state index in [0.29, 0.717) is 29.5 Å². The van der Waals surface area contributed by atoms with Crippen LogP contribution in [0.3, 0.4) is 0 Å². The Morgan fingerprint density at radius 1 is 1.14 bits per heavy atom. The van der Waals surface area contributed by atoms with Gasteiger partial charge in [0.1, 0.15) is 28.6 Å². The molecule has 1 heterocycles. The third-order valence-electron chi connectivity index (χ3n) is 3.91. The SMILES string of the molecule is COc1ccccc1-c1nc(C(=O)N(CCN(C)C)CC(=O)OC(C)(C)C)cs1. The van der Waals surface area contributed by atoms with Crippen LogP contribution in [0.1, 0.15) is 31.3 Å². The number of hydrogen-bond acceptors (Lipinski definition) is 7. The normalized spacial score (nSPS) is 11.4. The number of rotatable bonds is 8. The van der Waals surface area contributed by atoms with Crippen molar-refractivity contribution in [3.63, 3.8) is 0 Å².